The van der Waals surface area contributed by atoms with Crippen LogP contribution in [0.25, 0.3) is 28.1 Å². The molecule has 1 aliphatic heterocycles. The fourth-order valence-corrected chi connectivity index (χ4v) is 4.01. The molecule has 0 spiro atoms. The van der Waals surface area contributed by atoms with Gasteiger partial charge in [0.05, 0.1) is 5.69 Å². The smallest absolute Gasteiger partial charge is 0.151 e. The summed E-state index contributed by atoms with van der Waals surface area (Å²) in [6.07, 6.45) is 2.93. The third-order valence-corrected chi connectivity index (χ3v) is 5.53. The van der Waals surface area contributed by atoms with Crippen molar-refractivity contribution in [1.29, 1.82) is 0 Å². The highest BCUT2D eigenvalue weighted by Gasteiger charge is 2.23. The summed E-state index contributed by atoms with van der Waals surface area (Å²) in [6, 6.07) is 22.1. The van der Waals surface area contributed by atoms with Gasteiger partial charge in [-0.3, -0.25) is 0 Å². The lowest BCUT2D eigenvalue weighted by atomic mass is 10.00. The Balaban J connectivity index is 1.61. The molecule has 3 aromatic carbocycles. The Morgan fingerprint density at radius 3 is 2.30 bits per heavy atom. The molecule has 5 heteroatoms. The van der Waals surface area contributed by atoms with Crippen molar-refractivity contribution in [3.63, 3.8) is 0 Å². The number of hydrogen-bond donors (Lipinski definition) is 1. The molecule has 0 fully saturated rings. The molecule has 0 saturated heterocycles. The molecule has 0 amide bonds. The van der Waals surface area contributed by atoms with Gasteiger partial charge in [-0.25, -0.2) is 13.5 Å². The lowest BCUT2D eigenvalue weighted by Crippen LogP contribution is -2.08. The molecular weight excluding hydrogens is 380 g/mol. The van der Waals surface area contributed by atoms with Crippen LogP contribution in [0.3, 0.4) is 0 Å². The summed E-state index contributed by atoms with van der Waals surface area (Å²) in [5.41, 5.74) is 5.42. The molecule has 30 heavy (non-hydrogen) atoms. The van der Waals surface area contributed by atoms with Crippen molar-refractivity contribution in [2.45, 2.75) is 19.3 Å². The first-order chi connectivity index (χ1) is 14.7. The van der Waals surface area contributed by atoms with Crippen LogP contribution in [0.1, 0.15) is 18.4 Å². The first kappa shape index (κ1) is 18.6. The highest BCUT2D eigenvalue weighted by Crippen LogP contribution is 2.35. The third kappa shape index (κ3) is 3.36. The van der Waals surface area contributed by atoms with E-state index in [1.165, 1.54) is 12.1 Å². The summed E-state index contributed by atoms with van der Waals surface area (Å²) < 4.78 is 29.5. The second-order valence-electron chi connectivity index (χ2n) is 7.51. The minimum atomic E-state index is -0.627. The minimum Gasteiger partial charge on any atom is -0.370 e. The summed E-state index contributed by atoms with van der Waals surface area (Å²) in [5.74, 6) is -0.434. The van der Waals surface area contributed by atoms with Crippen LogP contribution in [0.5, 0.6) is 0 Å². The monoisotopic (exact) mass is 401 g/mol. The Morgan fingerprint density at radius 2 is 1.53 bits per heavy atom. The molecule has 0 aliphatic carbocycles. The fraction of sp³-hybridized carbons (Fsp3) is 0.160. The fourth-order valence-electron chi connectivity index (χ4n) is 4.01. The third-order valence-electron chi connectivity index (χ3n) is 5.53. The maximum Gasteiger partial charge on any atom is 0.151 e. The van der Waals surface area contributed by atoms with E-state index in [2.05, 4.69) is 41.7 Å². The van der Waals surface area contributed by atoms with Crippen molar-refractivity contribution in [3.05, 3.63) is 90.0 Å². The zero-order chi connectivity index (χ0) is 20.5. The molecule has 0 saturated carbocycles. The van der Waals surface area contributed by atoms with Crippen LogP contribution >= 0.6 is 0 Å². The van der Waals surface area contributed by atoms with Crippen molar-refractivity contribution in [2.24, 2.45) is 0 Å². The molecule has 2 heterocycles. The number of rotatable bonds is 3. The standard InChI is InChI=1S/C25H21F2N3/c26-20-13-14-23(22(27)16-20)30-25-21(8-4-5-15-28-25)24(29-30)19-11-9-18(10-12-19)17-6-2-1-3-7-17/h1-3,6-7,9-14,16,28H,4-5,8,15H2. The SMILES string of the molecule is Fc1ccc(-n2nc(-c3ccc(-c4ccccc4)cc3)c3c2NCCCC3)c(F)c1. The lowest BCUT2D eigenvalue weighted by Gasteiger charge is -2.10. The van der Waals surface area contributed by atoms with Crippen LogP contribution in [-0.4, -0.2) is 16.3 Å². The number of hydrogen-bond acceptors (Lipinski definition) is 2. The van der Waals surface area contributed by atoms with E-state index in [0.29, 0.717) is 0 Å². The van der Waals surface area contributed by atoms with Crippen molar-refractivity contribution < 1.29 is 8.78 Å². The molecule has 4 aromatic rings. The molecule has 1 aliphatic rings. The lowest BCUT2D eigenvalue weighted by molar-refractivity contribution is 0.574. The zero-order valence-electron chi connectivity index (χ0n) is 16.4. The summed E-state index contributed by atoms with van der Waals surface area (Å²) in [5, 5.41) is 8.16. The van der Waals surface area contributed by atoms with Gasteiger partial charge in [0.25, 0.3) is 0 Å². The Morgan fingerprint density at radius 1 is 0.800 bits per heavy atom. The molecular formula is C25H21F2N3. The van der Waals surface area contributed by atoms with Gasteiger partial charge in [0.1, 0.15) is 17.3 Å². The van der Waals surface area contributed by atoms with E-state index in [9.17, 15) is 8.78 Å². The number of anilines is 1. The Bertz CT molecular complexity index is 1180. The van der Waals surface area contributed by atoms with E-state index in [1.54, 1.807) is 4.68 Å². The van der Waals surface area contributed by atoms with Gasteiger partial charge >= 0.3 is 0 Å². The number of nitrogens with zero attached hydrogens (tertiary/aromatic N) is 2. The van der Waals surface area contributed by atoms with Crippen molar-refractivity contribution >= 4 is 5.82 Å². The highest BCUT2D eigenvalue weighted by atomic mass is 19.1. The van der Waals surface area contributed by atoms with Gasteiger partial charge in [-0.2, -0.15) is 5.10 Å². The van der Waals surface area contributed by atoms with Gasteiger partial charge in [-0.05, 0) is 42.5 Å². The van der Waals surface area contributed by atoms with Gasteiger partial charge in [-0.1, -0.05) is 54.6 Å². The summed E-state index contributed by atoms with van der Waals surface area (Å²) in [4.78, 5) is 0. The molecule has 1 aromatic heterocycles. The van der Waals surface area contributed by atoms with Gasteiger partial charge in [0.15, 0.2) is 5.82 Å². The van der Waals surface area contributed by atoms with E-state index in [4.69, 9.17) is 5.10 Å². The molecule has 3 nitrogen and oxygen atoms in total. The maximum atomic E-state index is 14.5. The van der Waals surface area contributed by atoms with Gasteiger partial charge in [-0.15, -0.1) is 0 Å². The molecule has 5 rings (SSSR count). The molecule has 0 radical (unpaired) electrons. The van der Waals surface area contributed by atoms with E-state index in [-0.39, 0.29) is 5.69 Å². The topological polar surface area (TPSA) is 29.9 Å². The maximum absolute atomic E-state index is 14.5. The average Bonchev–Trinajstić information content (AvgIpc) is 2.95. The van der Waals surface area contributed by atoms with E-state index >= 15 is 0 Å². The van der Waals surface area contributed by atoms with Gasteiger partial charge < -0.3 is 5.32 Å². The molecule has 0 atom stereocenters. The van der Waals surface area contributed by atoms with E-state index < -0.39 is 11.6 Å². The largest absolute Gasteiger partial charge is 0.370 e. The van der Waals surface area contributed by atoms with Crippen LogP contribution in [0.4, 0.5) is 14.6 Å². The van der Waals surface area contributed by atoms with Crippen molar-refractivity contribution in [1.82, 2.24) is 9.78 Å². The number of nitrogens with one attached hydrogen (secondary N) is 1. The van der Waals surface area contributed by atoms with Crippen LogP contribution in [-0.2, 0) is 6.42 Å². The van der Waals surface area contributed by atoms with Gasteiger partial charge in [0, 0.05) is 23.7 Å². The van der Waals surface area contributed by atoms with Crippen molar-refractivity contribution in [3.8, 4) is 28.1 Å². The Hall–Kier alpha value is -3.47. The Labute approximate surface area is 174 Å². The molecule has 0 unspecified atom stereocenters. The average molecular weight is 401 g/mol. The second-order valence-corrected chi connectivity index (χ2v) is 7.51. The quantitative estimate of drug-likeness (QED) is 0.441. The summed E-state index contributed by atoms with van der Waals surface area (Å²) in [7, 11) is 0. The molecule has 1 N–H and O–H groups in total. The first-order valence-corrected chi connectivity index (χ1v) is 10.2. The zero-order valence-corrected chi connectivity index (χ0v) is 16.4. The van der Waals surface area contributed by atoms with E-state index in [0.717, 1.165) is 65.6 Å². The normalized spacial score (nSPS) is 13.4. The van der Waals surface area contributed by atoms with Crippen LogP contribution in [0.2, 0.25) is 0 Å². The Kier molecular flexibility index (Phi) is 4.79. The number of halogens is 2. The van der Waals surface area contributed by atoms with Crippen LogP contribution in [0, 0.1) is 11.6 Å². The highest BCUT2D eigenvalue weighted by molar-refractivity contribution is 5.74. The van der Waals surface area contributed by atoms with Crippen LogP contribution < -0.4 is 5.32 Å². The number of aromatic nitrogens is 2. The molecule has 150 valence electrons. The van der Waals surface area contributed by atoms with Crippen LogP contribution in [0.15, 0.2) is 72.8 Å². The summed E-state index contributed by atoms with van der Waals surface area (Å²) in [6.45, 7) is 0.799. The minimum absolute atomic E-state index is 0.245. The van der Waals surface area contributed by atoms with Crippen molar-refractivity contribution in [2.75, 3.05) is 11.9 Å². The van der Waals surface area contributed by atoms with Gasteiger partial charge in [0.2, 0.25) is 0 Å². The number of fused-ring (bicyclic) bond motifs is 1. The molecule has 0 bridgehead atoms. The van der Waals surface area contributed by atoms with E-state index in [1.807, 2.05) is 18.2 Å². The predicted molar refractivity (Wildman–Crippen MR) is 116 cm³/mol. The second kappa shape index (κ2) is 7.75. The first-order valence-electron chi connectivity index (χ1n) is 10.2. The predicted octanol–water partition coefficient (Wildman–Crippen LogP) is 6.23. The number of benzene rings is 3. The summed E-state index contributed by atoms with van der Waals surface area (Å²) >= 11 is 0.